The van der Waals surface area contributed by atoms with Crippen LogP contribution in [-0.4, -0.2) is 19.5 Å². The number of thiophene rings is 1. The highest BCUT2D eigenvalue weighted by Crippen LogP contribution is 2.46. The number of aromatic nitrogens is 4. The molecule has 4 nitrogen and oxygen atoms in total. The lowest BCUT2D eigenvalue weighted by Gasteiger charge is -2.16. The Morgan fingerprint density at radius 1 is 0.328 bits per heavy atom. The first-order valence-corrected chi connectivity index (χ1v) is 20.3. The molecule has 0 aliphatic carbocycles. The fraction of sp³-hybridized carbons (Fsp3) is 0. The molecule has 12 rings (SSSR count). The molecular weight excluding hydrogens is 725 g/mol. The predicted molar refractivity (Wildman–Crippen MR) is 244 cm³/mol. The molecule has 12 aromatic rings. The molecule has 0 saturated heterocycles. The molecule has 0 N–H and O–H groups in total. The maximum Gasteiger partial charge on any atom is 0.164 e. The van der Waals surface area contributed by atoms with Gasteiger partial charge in [0.15, 0.2) is 17.5 Å². The molecule has 3 heterocycles. The molecule has 0 saturated carbocycles. The molecule has 0 fully saturated rings. The van der Waals surface area contributed by atoms with Gasteiger partial charge in [0.2, 0.25) is 0 Å². The van der Waals surface area contributed by atoms with Crippen LogP contribution in [0.15, 0.2) is 194 Å². The van der Waals surface area contributed by atoms with E-state index in [1.54, 1.807) is 0 Å². The van der Waals surface area contributed by atoms with Gasteiger partial charge in [-0.25, -0.2) is 15.0 Å². The molecule has 58 heavy (non-hydrogen) atoms. The maximum absolute atomic E-state index is 5.03. The zero-order chi connectivity index (χ0) is 38.2. The Kier molecular flexibility index (Phi) is 7.37. The van der Waals surface area contributed by atoms with Crippen molar-refractivity contribution in [3.8, 4) is 51.0 Å². The van der Waals surface area contributed by atoms with Crippen LogP contribution in [0.3, 0.4) is 0 Å². The normalized spacial score (nSPS) is 11.8. The van der Waals surface area contributed by atoms with Crippen LogP contribution in [0.2, 0.25) is 0 Å². The molecule has 0 spiro atoms. The third-order valence-electron chi connectivity index (χ3n) is 11.4. The Balaban J connectivity index is 1.13. The number of nitrogens with zero attached hydrogens (tertiary/aromatic N) is 4. The van der Waals surface area contributed by atoms with Gasteiger partial charge >= 0.3 is 0 Å². The van der Waals surface area contributed by atoms with Crippen molar-refractivity contribution in [1.82, 2.24) is 19.5 Å². The summed E-state index contributed by atoms with van der Waals surface area (Å²) in [5, 5.41) is 9.92. The van der Waals surface area contributed by atoms with E-state index in [2.05, 4.69) is 138 Å². The molecule has 5 heteroatoms. The van der Waals surface area contributed by atoms with Crippen molar-refractivity contribution in [2.24, 2.45) is 0 Å². The van der Waals surface area contributed by atoms with Gasteiger partial charge in [-0.3, -0.25) is 0 Å². The van der Waals surface area contributed by atoms with Crippen LogP contribution < -0.4 is 0 Å². The smallest absolute Gasteiger partial charge is 0.164 e. The summed E-state index contributed by atoms with van der Waals surface area (Å²) in [7, 11) is 0. The van der Waals surface area contributed by atoms with E-state index in [9.17, 15) is 0 Å². The van der Waals surface area contributed by atoms with Crippen LogP contribution in [0.25, 0.3) is 115 Å². The van der Waals surface area contributed by atoms with E-state index in [1.165, 1.54) is 74.6 Å². The first-order valence-electron chi connectivity index (χ1n) is 19.5. The topological polar surface area (TPSA) is 43.6 Å². The molecular formula is C53H32N4S. The summed E-state index contributed by atoms with van der Waals surface area (Å²) in [6, 6.07) is 69.3. The fourth-order valence-corrected chi connectivity index (χ4v) is 9.82. The van der Waals surface area contributed by atoms with Crippen molar-refractivity contribution in [2.45, 2.75) is 0 Å². The van der Waals surface area contributed by atoms with Gasteiger partial charge in [0.05, 0.1) is 11.0 Å². The second-order valence-electron chi connectivity index (χ2n) is 14.8. The van der Waals surface area contributed by atoms with Crippen LogP contribution in [0.5, 0.6) is 0 Å². The Morgan fingerprint density at radius 2 is 0.879 bits per heavy atom. The molecule has 3 aromatic heterocycles. The lowest BCUT2D eigenvalue weighted by atomic mass is 9.93. The van der Waals surface area contributed by atoms with Crippen molar-refractivity contribution in [2.75, 3.05) is 0 Å². The zero-order valence-electron chi connectivity index (χ0n) is 31.2. The van der Waals surface area contributed by atoms with Crippen LogP contribution >= 0.6 is 11.3 Å². The Labute approximate surface area is 338 Å². The van der Waals surface area contributed by atoms with Crippen LogP contribution in [0.1, 0.15) is 0 Å². The van der Waals surface area contributed by atoms with E-state index in [1.807, 2.05) is 72.0 Å². The molecule has 0 atom stereocenters. The van der Waals surface area contributed by atoms with E-state index in [-0.39, 0.29) is 0 Å². The molecule has 0 amide bonds. The van der Waals surface area contributed by atoms with E-state index in [4.69, 9.17) is 15.0 Å². The molecule has 0 radical (unpaired) electrons. The predicted octanol–water partition coefficient (Wildman–Crippen LogP) is 14.3. The average Bonchev–Trinajstić information content (AvgIpc) is 3.84. The molecule has 0 unspecified atom stereocenters. The first-order chi connectivity index (χ1) is 28.7. The van der Waals surface area contributed by atoms with Crippen molar-refractivity contribution in [1.29, 1.82) is 0 Å². The highest BCUT2D eigenvalue weighted by Gasteiger charge is 2.22. The summed E-state index contributed by atoms with van der Waals surface area (Å²) in [6.45, 7) is 0. The summed E-state index contributed by atoms with van der Waals surface area (Å²) in [6.07, 6.45) is 0. The Bertz CT molecular complexity index is 3490. The number of benzene rings is 9. The van der Waals surface area contributed by atoms with Gasteiger partial charge < -0.3 is 4.57 Å². The monoisotopic (exact) mass is 756 g/mol. The largest absolute Gasteiger partial charge is 0.308 e. The molecule has 270 valence electrons. The van der Waals surface area contributed by atoms with E-state index in [0.29, 0.717) is 17.5 Å². The van der Waals surface area contributed by atoms with Gasteiger partial charge in [0.25, 0.3) is 0 Å². The van der Waals surface area contributed by atoms with Crippen LogP contribution in [0.4, 0.5) is 0 Å². The SMILES string of the molecule is c1ccc(-c2nc(-c3ccccc3)nc(-c3ccc(-n4c5c(-c6ccc7sc8ccccc8c7c6)c6ccccc6cc5c5ccc6ccccc6c54)cc3)n2)cc1. The molecule has 0 bridgehead atoms. The van der Waals surface area contributed by atoms with Gasteiger partial charge in [-0.1, -0.05) is 146 Å². The van der Waals surface area contributed by atoms with Crippen LogP contribution in [0, 0.1) is 0 Å². The standard InChI is InChI=1S/C53H32N4S/c1-3-14-34(15-4-1)51-54-52(35-16-5-2-6-17-35)56-53(55-51)36-23-27-39(28-24-36)57-49-41-20-10-7-13-33(41)25-29-43(49)45-31-37-18-8-9-19-40(37)48(50(45)57)38-26-30-47-44(32-38)42-21-11-12-22-46(42)58-47/h1-32H. The summed E-state index contributed by atoms with van der Waals surface area (Å²) in [5.74, 6) is 1.93. The van der Waals surface area contributed by atoms with Gasteiger partial charge in [-0.2, -0.15) is 0 Å². The minimum Gasteiger partial charge on any atom is -0.308 e. The maximum atomic E-state index is 5.03. The number of rotatable bonds is 5. The van der Waals surface area contributed by atoms with Gasteiger partial charge in [-0.15, -0.1) is 11.3 Å². The highest BCUT2D eigenvalue weighted by molar-refractivity contribution is 7.25. The Hall–Kier alpha value is -7.47. The second-order valence-corrected chi connectivity index (χ2v) is 15.9. The minimum absolute atomic E-state index is 0.634. The summed E-state index contributed by atoms with van der Waals surface area (Å²) < 4.78 is 5.10. The lowest BCUT2D eigenvalue weighted by molar-refractivity contribution is 1.07. The summed E-state index contributed by atoms with van der Waals surface area (Å²) >= 11 is 1.86. The van der Waals surface area contributed by atoms with E-state index >= 15 is 0 Å². The van der Waals surface area contributed by atoms with Crippen molar-refractivity contribution < 1.29 is 0 Å². The number of fused-ring (bicyclic) bond motifs is 9. The summed E-state index contributed by atoms with van der Waals surface area (Å²) in [4.78, 5) is 15.0. The molecule has 0 aliphatic rings. The second kappa shape index (κ2) is 13.1. The zero-order valence-corrected chi connectivity index (χ0v) is 32.0. The quantitative estimate of drug-likeness (QED) is 0.176. The van der Waals surface area contributed by atoms with Gasteiger partial charge in [0, 0.05) is 64.3 Å². The average molecular weight is 757 g/mol. The minimum atomic E-state index is 0.634. The summed E-state index contributed by atoms with van der Waals surface area (Å²) in [5.41, 5.74) is 8.70. The highest BCUT2D eigenvalue weighted by atomic mass is 32.1. The molecule has 0 aliphatic heterocycles. The Morgan fingerprint density at radius 3 is 1.59 bits per heavy atom. The van der Waals surface area contributed by atoms with Crippen molar-refractivity contribution >= 4 is 74.9 Å². The van der Waals surface area contributed by atoms with Crippen LogP contribution in [-0.2, 0) is 0 Å². The number of hydrogen-bond donors (Lipinski definition) is 0. The van der Waals surface area contributed by atoms with Crippen molar-refractivity contribution in [3.05, 3.63) is 194 Å². The lowest BCUT2D eigenvalue weighted by Crippen LogP contribution is -2.01. The third kappa shape index (κ3) is 5.18. The van der Waals surface area contributed by atoms with E-state index < -0.39 is 0 Å². The van der Waals surface area contributed by atoms with Crippen molar-refractivity contribution in [3.63, 3.8) is 0 Å². The van der Waals surface area contributed by atoms with Gasteiger partial charge in [-0.05, 0) is 70.3 Å². The van der Waals surface area contributed by atoms with Gasteiger partial charge in [0.1, 0.15) is 0 Å². The number of hydrogen-bond acceptors (Lipinski definition) is 4. The first kappa shape index (κ1) is 32.7. The third-order valence-corrected chi connectivity index (χ3v) is 12.6. The van der Waals surface area contributed by atoms with E-state index in [0.717, 1.165) is 22.4 Å². The molecule has 9 aromatic carbocycles. The fourth-order valence-electron chi connectivity index (χ4n) is 8.73.